The molecule has 0 radical (unpaired) electrons. The molecule has 0 aromatic heterocycles. The largest absolute Gasteiger partial charge is 0.491 e. The molecular formula is C35H59F3O4Si2. The van der Waals surface area contributed by atoms with Crippen molar-refractivity contribution in [3.8, 4) is 5.75 Å². The van der Waals surface area contributed by atoms with Crippen molar-refractivity contribution in [1.29, 1.82) is 0 Å². The molecule has 5 atom stereocenters. The maximum Gasteiger partial charge on any atom is 0.416 e. The Labute approximate surface area is 267 Å². The Kier molecular flexibility index (Phi) is 13.6. The predicted molar refractivity (Wildman–Crippen MR) is 181 cm³/mol. The summed E-state index contributed by atoms with van der Waals surface area (Å²) in [7, 11) is -4.34. The van der Waals surface area contributed by atoms with E-state index in [1.54, 1.807) is 0 Å². The quantitative estimate of drug-likeness (QED) is 0.123. The highest BCUT2D eigenvalue weighted by molar-refractivity contribution is 6.74. The summed E-state index contributed by atoms with van der Waals surface area (Å²) >= 11 is 0. The van der Waals surface area contributed by atoms with E-state index in [1.807, 2.05) is 6.08 Å². The van der Waals surface area contributed by atoms with Crippen LogP contribution in [0.25, 0.3) is 0 Å². The lowest BCUT2D eigenvalue weighted by Gasteiger charge is -2.40. The summed E-state index contributed by atoms with van der Waals surface area (Å²) in [6.07, 6.45) is 7.65. The van der Waals surface area contributed by atoms with Crippen molar-refractivity contribution in [3.63, 3.8) is 0 Å². The minimum Gasteiger partial charge on any atom is -0.491 e. The molecule has 4 unspecified atom stereocenters. The van der Waals surface area contributed by atoms with E-state index in [1.165, 1.54) is 12.1 Å². The van der Waals surface area contributed by atoms with Gasteiger partial charge < -0.3 is 18.7 Å². The molecule has 1 aliphatic carbocycles. The van der Waals surface area contributed by atoms with Crippen LogP contribution in [0.2, 0.25) is 36.3 Å². The maximum atomic E-state index is 13.3. The van der Waals surface area contributed by atoms with Gasteiger partial charge in [-0.25, -0.2) is 0 Å². The van der Waals surface area contributed by atoms with Gasteiger partial charge in [0.15, 0.2) is 16.6 Å². The molecule has 1 fully saturated rings. The molecule has 1 aliphatic rings. The van der Waals surface area contributed by atoms with E-state index < -0.39 is 40.6 Å². The molecule has 0 spiro atoms. The van der Waals surface area contributed by atoms with Gasteiger partial charge >= 0.3 is 6.18 Å². The van der Waals surface area contributed by atoms with Crippen LogP contribution in [-0.2, 0) is 15.0 Å². The van der Waals surface area contributed by atoms with Gasteiger partial charge in [-0.05, 0) is 79.6 Å². The van der Waals surface area contributed by atoms with Crippen molar-refractivity contribution < 1.29 is 31.9 Å². The summed E-state index contributed by atoms with van der Waals surface area (Å²) in [5.41, 5.74) is -0.746. The molecule has 2 rings (SSSR count). The van der Waals surface area contributed by atoms with E-state index >= 15 is 0 Å². The Bertz CT molecular complexity index is 1090. The van der Waals surface area contributed by atoms with Crippen LogP contribution in [0, 0.1) is 11.8 Å². The molecule has 0 bridgehead atoms. The molecule has 1 aromatic carbocycles. The fourth-order valence-corrected chi connectivity index (χ4v) is 7.58. The van der Waals surface area contributed by atoms with E-state index in [0.29, 0.717) is 6.42 Å². The molecule has 4 nitrogen and oxygen atoms in total. The zero-order valence-electron chi connectivity index (χ0n) is 29.1. The number of rotatable bonds is 14. The summed E-state index contributed by atoms with van der Waals surface area (Å²) in [6, 6.07) is 4.95. The third kappa shape index (κ3) is 11.1. The van der Waals surface area contributed by atoms with Crippen molar-refractivity contribution in [2.45, 2.75) is 141 Å². The van der Waals surface area contributed by atoms with Gasteiger partial charge in [0.2, 0.25) is 0 Å². The van der Waals surface area contributed by atoms with E-state index in [4.69, 9.17) is 13.6 Å². The monoisotopic (exact) mass is 656 g/mol. The molecule has 9 heteroatoms. The van der Waals surface area contributed by atoms with Crippen molar-refractivity contribution in [3.05, 3.63) is 54.1 Å². The van der Waals surface area contributed by atoms with E-state index in [0.717, 1.165) is 37.8 Å². The van der Waals surface area contributed by atoms with Crippen molar-refractivity contribution in [2.24, 2.45) is 11.8 Å². The summed E-state index contributed by atoms with van der Waals surface area (Å²) in [4.78, 5) is 0. The Hall–Kier alpha value is -1.40. The second-order valence-corrected chi connectivity index (χ2v) is 25.0. The summed E-state index contributed by atoms with van der Waals surface area (Å²) in [5.74, 6) is 0.113. The van der Waals surface area contributed by atoms with Crippen LogP contribution < -0.4 is 4.74 Å². The van der Waals surface area contributed by atoms with Gasteiger partial charge in [-0.15, -0.1) is 0 Å². The Morgan fingerprint density at radius 1 is 0.977 bits per heavy atom. The smallest absolute Gasteiger partial charge is 0.416 e. The standard InChI is InChI=1S/C35H59F3O4Si2/c1-12-13-14-15-16-20-30-29(31(39)24-32(30)42-44(10,11)34(5,6)7)22-21-28(41-43(8,9)33(2,3)4)25-40-27-19-17-18-26(23-27)35(36,37)38/h15-19,21-23,28-32,39H,12-14,20,24-25H2,1-11H3/b16-15-,22-21+/t28?,29-,30?,31?,32?/m1/s1. The van der Waals surface area contributed by atoms with Gasteiger partial charge in [0.1, 0.15) is 12.4 Å². The maximum absolute atomic E-state index is 13.3. The number of ether oxygens (including phenoxy) is 1. The van der Waals surface area contributed by atoms with Crippen LogP contribution >= 0.6 is 0 Å². The minimum atomic E-state index is -4.45. The topological polar surface area (TPSA) is 47.9 Å². The highest BCUT2D eigenvalue weighted by atomic mass is 28.4. The van der Waals surface area contributed by atoms with Crippen molar-refractivity contribution in [2.75, 3.05) is 6.61 Å². The highest BCUT2D eigenvalue weighted by Gasteiger charge is 2.47. The lowest BCUT2D eigenvalue weighted by Crippen LogP contribution is -2.45. The first-order valence-corrected chi connectivity index (χ1v) is 22.1. The molecule has 1 N–H and O–H groups in total. The van der Waals surface area contributed by atoms with Gasteiger partial charge in [-0.1, -0.05) is 91.7 Å². The van der Waals surface area contributed by atoms with Gasteiger partial charge in [-0.3, -0.25) is 0 Å². The van der Waals surface area contributed by atoms with Crippen molar-refractivity contribution in [1.82, 2.24) is 0 Å². The van der Waals surface area contributed by atoms with Gasteiger partial charge in [0.05, 0.1) is 23.9 Å². The zero-order valence-corrected chi connectivity index (χ0v) is 31.1. The lowest BCUT2D eigenvalue weighted by atomic mass is 9.89. The molecule has 1 saturated carbocycles. The second-order valence-electron chi connectivity index (χ2n) is 15.4. The third-order valence-electron chi connectivity index (χ3n) is 9.82. The fraction of sp³-hybridized carbons (Fsp3) is 0.714. The molecular weight excluding hydrogens is 598 g/mol. The highest BCUT2D eigenvalue weighted by Crippen LogP contribution is 2.45. The number of hydrogen-bond acceptors (Lipinski definition) is 4. The molecule has 252 valence electrons. The molecule has 0 amide bonds. The van der Waals surface area contributed by atoms with Gasteiger partial charge in [0.25, 0.3) is 0 Å². The number of benzene rings is 1. The molecule has 1 aromatic rings. The number of aliphatic hydroxyl groups excluding tert-OH is 1. The van der Waals surface area contributed by atoms with Crippen molar-refractivity contribution >= 4 is 16.6 Å². The van der Waals surface area contributed by atoms with Crippen LogP contribution in [-0.4, -0.2) is 46.7 Å². The molecule has 0 saturated heterocycles. The van der Waals surface area contributed by atoms with Crippen LogP contribution in [0.4, 0.5) is 13.2 Å². The Morgan fingerprint density at radius 3 is 2.18 bits per heavy atom. The van der Waals surface area contributed by atoms with E-state index in [2.05, 4.69) is 92.9 Å². The van der Waals surface area contributed by atoms with Crippen LogP contribution in [0.1, 0.15) is 86.1 Å². The number of alkyl halides is 3. The van der Waals surface area contributed by atoms with Gasteiger partial charge in [0, 0.05) is 5.92 Å². The normalized spacial score (nSPS) is 23.2. The second kappa shape index (κ2) is 15.5. The van der Waals surface area contributed by atoms with E-state index in [-0.39, 0.29) is 40.4 Å². The van der Waals surface area contributed by atoms with Crippen LogP contribution in [0.5, 0.6) is 5.75 Å². The molecule has 0 heterocycles. The lowest BCUT2D eigenvalue weighted by molar-refractivity contribution is -0.137. The zero-order chi connectivity index (χ0) is 33.6. The van der Waals surface area contributed by atoms with E-state index in [9.17, 15) is 18.3 Å². The summed E-state index contributed by atoms with van der Waals surface area (Å²) < 4.78 is 59.5. The third-order valence-corrected chi connectivity index (χ3v) is 18.8. The first-order chi connectivity index (χ1) is 20.1. The summed E-state index contributed by atoms with van der Waals surface area (Å²) in [6.45, 7) is 24.2. The number of aliphatic hydroxyl groups is 1. The SMILES string of the molecule is CCCC/C=C\CC1C(O[Si](C)(C)C(C)(C)C)CC(O)[C@@H]1/C=C/C(COc1cccc(C(F)(F)F)c1)O[Si](C)(C)C(C)(C)C. The number of halogens is 3. The van der Waals surface area contributed by atoms with Crippen LogP contribution in [0.15, 0.2) is 48.6 Å². The fourth-order valence-electron chi connectivity index (χ4n) is 4.94. The predicted octanol–water partition coefficient (Wildman–Crippen LogP) is 10.6. The number of unbranched alkanes of at least 4 members (excludes halogenated alkanes) is 2. The number of allylic oxidation sites excluding steroid dienone is 2. The Balaban J connectivity index is 2.37. The number of hydrogen-bond donors (Lipinski definition) is 1. The van der Waals surface area contributed by atoms with Gasteiger partial charge in [-0.2, -0.15) is 13.2 Å². The first-order valence-electron chi connectivity index (χ1n) is 16.3. The molecule has 0 aliphatic heterocycles. The Morgan fingerprint density at radius 2 is 1.61 bits per heavy atom. The average molecular weight is 657 g/mol. The first kappa shape index (κ1) is 38.8. The average Bonchev–Trinajstić information content (AvgIpc) is 3.16. The van der Waals surface area contributed by atoms with Crippen LogP contribution in [0.3, 0.4) is 0 Å². The summed E-state index contributed by atoms with van der Waals surface area (Å²) in [5, 5.41) is 11.3. The minimum absolute atomic E-state index is 0.0518. The molecule has 44 heavy (non-hydrogen) atoms.